The second kappa shape index (κ2) is 6.26. The third kappa shape index (κ3) is 2.51. The average Bonchev–Trinajstić information content (AvgIpc) is 3.43. The summed E-state index contributed by atoms with van der Waals surface area (Å²) < 4.78 is 6.88. The summed E-state index contributed by atoms with van der Waals surface area (Å²) in [5.74, 6) is 1.25. The van der Waals surface area contributed by atoms with Crippen molar-refractivity contribution < 1.29 is 9.52 Å². The van der Waals surface area contributed by atoms with E-state index in [0.29, 0.717) is 16.5 Å². The van der Waals surface area contributed by atoms with Crippen LogP contribution in [0.2, 0.25) is 0 Å². The van der Waals surface area contributed by atoms with Crippen LogP contribution in [0.25, 0.3) is 16.5 Å². The highest BCUT2D eigenvalue weighted by atomic mass is 32.1. The van der Waals surface area contributed by atoms with Crippen LogP contribution in [0.4, 0.5) is 0 Å². The molecule has 3 aromatic heterocycles. The van der Waals surface area contributed by atoms with Gasteiger partial charge in [-0.25, -0.2) is 0 Å². The number of rotatable bonds is 4. The van der Waals surface area contributed by atoms with Crippen LogP contribution in [-0.4, -0.2) is 37.7 Å². The van der Waals surface area contributed by atoms with Crippen molar-refractivity contribution in [2.24, 2.45) is 0 Å². The Morgan fingerprint density at radius 2 is 1.88 bits per heavy atom. The highest BCUT2D eigenvalue weighted by Crippen LogP contribution is 2.41. The lowest BCUT2D eigenvalue weighted by Gasteiger charge is -2.26. The van der Waals surface area contributed by atoms with Crippen molar-refractivity contribution in [3.63, 3.8) is 0 Å². The summed E-state index contributed by atoms with van der Waals surface area (Å²) in [6.07, 6.45) is 3.97. The third-order valence-corrected chi connectivity index (χ3v) is 5.88. The Hall–Kier alpha value is -2.64. The molecule has 0 saturated carbocycles. The van der Waals surface area contributed by atoms with Crippen molar-refractivity contribution >= 4 is 16.3 Å². The standard InChI is InChI=1S/C19H18N4O2S/c24-18-16(15(22-10-4-5-11-22)13-7-2-1-3-8-13)26-19-20-17(21-23(18)19)14-9-6-12-25-14/h1-3,6-9,12,15,24H,4-5,10-11H2/t15-/m0/s1. The summed E-state index contributed by atoms with van der Waals surface area (Å²) in [5.41, 5.74) is 1.18. The van der Waals surface area contributed by atoms with Crippen LogP contribution in [0.1, 0.15) is 29.3 Å². The van der Waals surface area contributed by atoms with Crippen molar-refractivity contribution in [1.29, 1.82) is 0 Å². The smallest absolute Gasteiger partial charge is 0.230 e. The largest absolute Gasteiger partial charge is 0.492 e. The molecule has 0 spiro atoms. The Bertz CT molecular complexity index is 1020. The maximum atomic E-state index is 10.9. The topological polar surface area (TPSA) is 66.8 Å². The van der Waals surface area contributed by atoms with Gasteiger partial charge < -0.3 is 9.52 Å². The summed E-state index contributed by atoms with van der Waals surface area (Å²) in [6.45, 7) is 2.06. The van der Waals surface area contributed by atoms with Crippen LogP contribution in [0.3, 0.4) is 0 Å². The molecule has 1 aliphatic heterocycles. The minimum atomic E-state index is 0.0271. The van der Waals surface area contributed by atoms with E-state index in [9.17, 15) is 5.11 Å². The number of hydrogen-bond acceptors (Lipinski definition) is 6. The molecule has 1 aromatic carbocycles. The van der Waals surface area contributed by atoms with Crippen LogP contribution in [0, 0.1) is 0 Å². The van der Waals surface area contributed by atoms with Crippen molar-refractivity contribution in [1.82, 2.24) is 19.5 Å². The number of aromatic nitrogens is 3. The summed E-state index contributed by atoms with van der Waals surface area (Å²) in [4.78, 5) is 8.52. The first-order valence-corrected chi connectivity index (χ1v) is 9.54. The zero-order valence-electron chi connectivity index (χ0n) is 14.1. The van der Waals surface area contributed by atoms with Gasteiger partial charge in [-0.15, -0.1) is 5.10 Å². The highest BCUT2D eigenvalue weighted by Gasteiger charge is 2.31. The van der Waals surface area contributed by atoms with Crippen LogP contribution < -0.4 is 0 Å². The Morgan fingerprint density at radius 1 is 1.08 bits per heavy atom. The Morgan fingerprint density at radius 3 is 2.58 bits per heavy atom. The van der Waals surface area contributed by atoms with E-state index in [4.69, 9.17) is 4.42 Å². The molecule has 5 rings (SSSR count). The molecule has 0 unspecified atom stereocenters. The quantitative estimate of drug-likeness (QED) is 0.592. The summed E-state index contributed by atoms with van der Waals surface area (Å²) in [5, 5.41) is 15.3. The van der Waals surface area contributed by atoms with Gasteiger partial charge in [0, 0.05) is 0 Å². The van der Waals surface area contributed by atoms with Crippen LogP contribution in [0.15, 0.2) is 53.1 Å². The lowest BCUT2D eigenvalue weighted by atomic mass is 10.0. The number of benzene rings is 1. The van der Waals surface area contributed by atoms with Crippen LogP contribution >= 0.6 is 11.3 Å². The van der Waals surface area contributed by atoms with E-state index in [1.54, 1.807) is 12.3 Å². The molecule has 4 heterocycles. The fourth-order valence-electron chi connectivity index (χ4n) is 3.60. The van der Waals surface area contributed by atoms with E-state index in [-0.39, 0.29) is 11.9 Å². The van der Waals surface area contributed by atoms with E-state index in [2.05, 4.69) is 27.1 Å². The van der Waals surface area contributed by atoms with Crippen molar-refractivity contribution in [2.45, 2.75) is 18.9 Å². The van der Waals surface area contributed by atoms with E-state index in [1.807, 2.05) is 24.3 Å². The normalized spacial score (nSPS) is 16.5. The number of hydrogen-bond donors (Lipinski definition) is 1. The summed E-state index contributed by atoms with van der Waals surface area (Å²) >= 11 is 1.49. The molecule has 26 heavy (non-hydrogen) atoms. The van der Waals surface area contributed by atoms with Gasteiger partial charge in [-0.1, -0.05) is 41.7 Å². The number of aromatic hydroxyl groups is 1. The van der Waals surface area contributed by atoms with E-state index in [1.165, 1.54) is 34.3 Å². The number of fused-ring (bicyclic) bond motifs is 1. The maximum absolute atomic E-state index is 10.9. The van der Waals surface area contributed by atoms with Gasteiger partial charge in [-0.05, 0) is 43.6 Å². The molecule has 0 radical (unpaired) electrons. The van der Waals surface area contributed by atoms with Gasteiger partial charge in [0.25, 0.3) is 0 Å². The van der Waals surface area contributed by atoms with Gasteiger partial charge in [0.15, 0.2) is 5.76 Å². The molecule has 0 amide bonds. The molecule has 4 aromatic rings. The summed E-state index contributed by atoms with van der Waals surface area (Å²) in [7, 11) is 0. The molecule has 1 atom stereocenters. The SMILES string of the molecule is Oc1c([C@H](c2ccccc2)N2CCCC2)sc2nc(-c3ccco3)nn12. The molecule has 1 aliphatic rings. The van der Waals surface area contributed by atoms with Gasteiger partial charge in [0.05, 0.1) is 17.2 Å². The first-order valence-electron chi connectivity index (χ1n) is 8.72. The average molecular weight is 366 g/mol. The monoisotopic (exact) mass is 366 g/mol. The Labute approximate surface area is 154 Å². The van der Waals surface area contributed by atoms with Gasteiger partial charge in [0.1, 0.15) is 0 Å². The molecule has 0 bridgehead atoms. The highest BCUT2D eigenvalue weighted by molar-refractivity contribution is 7.17. The van der Waals surface area contributed by atoms with E-state index < -0.39 is 0 Å². The number of furan rings is 1. The molecule has 132 valence electrons. The zero-order valence-corrected chi connectivity index (χ0v) is 14.9. The van der Waals surface area contributed by atoms with Crippen molar-refractivity contribution in [3.8, 4) is 17.5 Å². The maximum Gasteiger partial charge on any atom is 0.230 e. The lowest BCUT2D eigenvalue weighted by molar-refractivity contribution is 0.277. The van der Waals surface area contributed by atoms with Gasteiger partial charge in [-0.3, -0.25) is 4.90 Å². The van der Waals surface area contributed by atoms with Gasteiger partial charge in [0.2, 0.25) is 16.7 Å². The molecule has 1 N–H and O–H groups in total. The molecule has 1 fully saturated rings. The Balaban J connectivity index is 1.61. The third-order valence-electron chi connectivity index (χ3n) is 4.81. The number of thiazole rings is 1. The predicted molar refractivity (Wildman–Crippen MR) is 99.3 cm³/mol. The fraction of sp³-hybridized carbons (Fsp3) is 0.263. The zero-order chi connectivity index (χ0) is 17.5. The summed E-state index contributed by atoms with van der Waals surface area (Å²) in [6, 6.07) is 14.0. The minimum Gasteiger partial charge on any atom is -0.492 e. The number of likely N-dealkylation sites (tertiary alicyclic amines) is 1. The van der Waals surface area contributed by atoms with Crippen molar-refractivity contribution in [2.75, 3.05) is 13.1 Å². The number of nitrogens with zero attached hydrogens (tertiary/aromatic N) is 4. The second-order valence-corrected chi connectivity index (χ2v) is 7.46. The first kappa shape index (κ1) is 15.6. The molecule has 0 aliphatic carbocycles. The van der Waals surface area contributed by atoms with E-state index >= 15 is 0 Å². The van der Waals surface area contributed by atoms with Crippen LogP contribution in [0.5, 0.6) is 5.88 Å². The predicted octanol–water partition coefficient (Wildman–Crippen LogP) is 3.94. The minimum absolute atomic E-state index is 0.0271. The van der Waals surface area contributed by atoms with Crippen LogP contribution in [-0.2, 0) is 0 Å². The van der Waals surface area contributed by atoms with Gasteiger partial charge in [-0.2, -0.15) is 9.50 Å². The fourth-order valence-corrected chi connectivity index (χ4v) is 4.72. The molecular weight excluding hydrogens is 348 g/mol. The molecule has 6 nitrogen and oxygen atoms in total. The Kier molecular flexibility index (Phi) is 3.76. The van der Waals surface area contributed by atoms with E-state index in [0.717, 1.165) is 18.0 Å². The second-order valence-electron chi connectivity index (χ2n) is 6.45. The van der Waals surface area contributed by atoms with Gasteiger partial charge >= 0.3 is 0 Å². The lowest BCUT2D eigenvalue weighted by Crippen LogP contribution is -2.26. The molecule has 1 saturated heterocycles. The molecule has 7 heteroatoms. The van der Waals surface area contributed by atoms with Crippen molar-refractivity contribution in [3.05, 3.63) is 59.2 Å². The molecular formula is C19H18N4O2S. The first-order chi connectivity index (χ1) is 12.8.